The van der Waals surface area contributed by atoms with Gasteiger partial charge < -0.3 is 5.73 Å². The zero-order valence-electron chi connectivity index (χ0n) is 9.47. The van der Waals surface area contributed by atoms with Gasteiger partial charge in [-0.3, -0.25) is 4.72 Å². The zero-order valence-corrected chi connectivity index (χ0v) is 10.3. The molecule has 0 saturated heterocycles. The Hall–Kier alpha value is -2.22. The Morgan fingerprint density at radius 2 is 1.89 bits per heavy atom. The Morgan fingerprint density at radius 1 is 1.16 bits per heavy atom. The molecule has 19 heavy (non-hydrogen) atoms. The maximum atomic E-state index is 13.5. The molecule has 0 saturated carbocycles. The minimum Gasteiger partial charge on any atom is -0.399 e. The first-order valence-corrected chi connectivity index (χ1v) is 6.56. The number of pyridine rings is 1. The number of rotatable bonds is 3. The first-order chi connectivity index (χ1) is 8.88. The van der Waals surface area contributed by atoms with Crippen molar-refractivity contribution in [3.05, 3.63) is 48.2 Å². The molecule has 0 aliphatic heterocycles. The summed E-state index contributed by atoms with van der Waals surface area (Å²) in [7, 11) is -4.17. The molecule has 0 bridgehead atoms. The van der Waals surface area contributed by atoms with Crippen LogP contribution < -0.4 is 10.5 Å². The van der Waals surface area contributed by atoms with E-state index in [4.69, 9.17) is 5.73 Å². The fraction of sp³-hybridized carbons (Fsp3) is 0. The van der Waals surface area contributed by atoms with Crippen LogP contribution in [0.5, 0.6) is 0 Å². The highest BCUT2D eigenvalue weighted by atomic mass is 32.2. The lowest BCUT2D eigenvalue weighted by molar-refractivity contribution is 0.570. The van der Waals surface area contributed by atoms with Crippen molar-refractivity contribution >= 4 is 21.5 Å². The van der Waals surface area contributed by atoms with Crippen LogP contribution in [-0.4, -0.2) is 13.4 Å². The first-order valence-electron chi connectivity index (χ1n) is 5.08. The number of hydrogen-bond donors (Lipinski definition) is 2. The van der Waals surface area contributed by atoms with Crippen LogP contribution in [0.15, 0.2) is 41.4 Å². The minimum atomic E-state index is -4.17. The lowest BCUT2D eigenvalue weighted by Gasteiger charge is -2.08. The summed E-state index contributed by atoms with van der Waals surface area (Å²) in [6.07, 6.45) is 0.841. The number of benzene rings is 1. The van der Waals surface area contributed by atoms with Crippen molar-refractivity contribution < 1.29 is 17.2 Å². The number of nitrogens with two attached hydrogens (primary N) is 1. The second-order valence-electron chi connectivity index (χ2n) is 3.66. The summed E-state index contributed by atoms with van der Waals surface area (Å²) in [5, 5.41) is 0. The summed E-state index contributed by atoms with van der Waals surface area (Å²) in [4.78, 5) is 2.92. The second kappa shape index (κ2) is 4.81. The number of sulfonamides is 1. The Morgan fingerprint density at radius 3 is 2.53 bits per heavy atom. The van der Waals surface area contributed by atoms with E-state index in [1.807, 2.05) is 4.72 Å². The first kappa shape index (κ1) is 13.2. The van der Waals surface area contributed by atoms with E-state index in [-0.39, 0.29) is 11.5 Å². The van der Waals surface area contributed by atoms with E-state index in [9.17, 15) is 17.2 Å². The molecule has 0 aliphatic rings. The molecule has 3 N–H and O–H groups in total. The van der Waals surface area contributed by atoms with Crippen molar-refractivity contribution in [1.82, 2.24) is 4.98 Å². The topological polar surface area (TPSA) is 85.1 Å². The van der Waals surface area contributed by atoms with E-state index in [0.29, 0.717) is 0 Å². The van der Waals surface area contributed by atoms with Crippen LogP contribution in [0.4, 0.5) is 20.3 Å². The van der Waals surface area contributed by atoms with E-state index < -0.39 is 26.6 Å². The Balaban J connectivity index is 2.37. The lowest BCUT2D eigenvalue weighted by Crippen LogP contribution is -2.15. The van der Waals surface area contributed by atoms with Gasteiger partial charge in [-0.15, -0.1) is 0 Å². The maximum Gasteiger partial charge on any atom is 0.266 e. The molecule has 1 aromatic carbocycles. The van der Waals surface area contributed by atoms with Gasteiger partial charge in [-0.2, -0.15) is 0 Å². The minimum absolute atomic E-state index is 0.105. The monoisotopic (exact) mass is 285 g/mol. The molecule has 0 spiro atoms. The van der Waals surface area contributed by atoms with Gasteiger partial charge in [0.2, 0.25) is 0 Å². The van der Waals surface area contributed by atoms with Crippen LogP contribution in [0.1, 0.15) is 0 Å². The van der Waals surface area contributed by atoms with Gasteiger partial charge in [-0.25, -0.2) is 22.2 Å². The molecule has 0 atom stereocenters. The summed E-state index contributed by atoms with van der Waals surface area (Å²) in [6.45, 7) is 0. The molecule has 0 unspecified atom stereocenters. The van der Waals surface area contributed by atoms with Gasteiger partial charge in [-0.1, -0.05) is 0 Å². The van der Waals surface area contributed by atoms with Gasteiger partial charge in [0.1, 0.15) is 22.3 Å². The Bertz CT molecular complexity index is 702. The second-order valence-corrected chi connectivity index (χ2v) is 5.31. The van der Waals surface area contributed by atoms with E-state index >= 15 is 0 Å². The molecule has 2 aromatic rings. The predicted molar refractivity (Wildman–Crippen MR) is 65.8 cm³/mol. The molecule has 1 aromatic heterocycles. The smallest absolute Gasteiger partial charge is 0.266 e. The van der Waals surface area contributed by atoms with Crippen LogP contribution in [0, 0.1) is 11.6 Å². The van der Waals surface area contributed by atoms with Crippen molar-refractivity contribution in [1.29, 1.82) is 0 Å². The largest absolute Gasteiger partial charge is 0.399 e. The van der Waals surface area contributed by atoms with Crippen molar-refractivity contribution in [2.75, 3.05) is 10.5 Å². The molecule has 1 heterocycles. The molecule has 0 fully saturated rings. The highest BCUT2D eigenvalue weighted by molar-refractivity contribution is 7.92. The van der Waals surface area contributed by atoms with E-state index in [2.05, 4.69) is 4.98 Å². The Labute approximate surface area is 108 Å². The fourth-order valence-corrected chi connectivity index (χ4v) is 2.48. The highest BCUT2D eigenvalue weighted by Gasteiger charge is 2.20. The maximum absolute atomic E-state index is 13.5. The quantitative estimate of drug-likeness (QED) is 0.841. The third kappa shape index (κ3) is 2.97. The van der Waals surface area contributed by atoms with E-state index in [1.165, 1.54) is 6.07 Å². The number of aromatic nitrogens is 1. The van der Waals surface area contributed by atoms with Gasteiger partial charge in [-0.05, 0) is 30.3 Å². The molecule has 100 valence electrons. The number of nitrogens with zero attached hydrogens (tertiary/aromatic N) is 1. The normalized spacial score (nSPS) is 11.3. The average molecular weight is 285 g/mol. The SMILES string of the molecule is Nc1ccc(F)c(S(=O)(=O)Nc2ccc(F)cn2)c1. The van der Waals surface area contributed by atoms with Crippen LogP contribution >= 0.6 is 0 Å². The number of nitrogens with one attached hydrogen (secondary N) is 1. The summed E-state index contributed by atoms with van der Waals surface area (Å²) >= 11 is 0. The van der Waals surface area contributed by atoms with Gasteiger partial charge in [0, 0.05) is 5.69 Å². The van der Waals surface area contributed by atoms with Crippen molar-refractivity contribution in [3.63, 3.8) is 0 Å². The van der Waals surface area contributed by atoms with Crippen LogP contribution in [0.2, 0.25) is 0 Å². The third-order valence-electron chi connectivity index (χ3n) is 2.21. The van der Waals surface area contributed by atoms with Gasteiger partial charge in [0.15, 0.2) is 0 Å². The predicted octanol–water partition coefficient (Wildman–Crippen LogP) is 1.74. The van der Waals surface area contributed by atoms with Crippen molar-refractivity contribution in [3.8, 4) is 0 Å². The number of anilines is 2. The molecule has 8 heteroatoms. The Kier molecular flexibility index (Phi) is 3.34. The zero-order chi connectivity index (χ0) is 14.0. The summed E-state index contributed by atoms with van der Waals surface area (Å²) in [5.41, 5.74) is 5.52. The van der Waals surface area contributed by atoms with Gasteiger partial charge in [0.25, 0.3) is 10.0 Å². The molecule has 0 aliphatic carbocycles. The highest BCUT2D eigenvalue weighted by Crippen LogP contribution is 2.20. The average Bonchev–Trinajstić information content (AvgIpc) is 2.35. The van der Waals surface area contributed by atoms with Gasteiger partial charge >= 0.3 is 0 Å². The molecular formula is C11H9F2N3O2S. The van der Waals surface area contributed by atoms with Crippen molar-refractivity contribution in [2.24, 2.45) is 0 Å². The standard InChI is InChI=1S/C11H9F2N3O2S/c12-7-1-4-11(15-6-7)16-19(17,18)10-5-8(14)2-3-9(10)13/h1-6H,14H2,(H,15,16). The van der Waals surface area contributed by atoms with E-state index in [0.717, 1.165) is 30.5 Å². The molecular weight excluding hydrogens is 276 g/mol. The van der Waals surface area contributed by atoms with Crippen LogP contribution in [0.25, 0.3) is 0 Å². The molecule has 0 radical (unpaired) electrons. The summed E-state index contributed by atoms with van der Waals surface area (Å²) in [5.74, 6) is -1.68. The summed E-state index contributed by atoms with van der Waals surface area (Å²) in [6, 6.07) is 5.32. The van der Waals surface area contributed by atoms with Crippen LogP contribution in [-0.2, 0) is 10.0 Å². The van der Waals surface area contributed by atoms with Gasteiger partial charge in [0.05, 0.1) is 6.20 Å². The fourth-order valence-electron chi connectivity index (χ4n) is 1.35. The molecule has 0 amide bonds. The number of halogens is 2. The third-order valence-corrected chi connectivity index (χ3v) is 3.58. The van der Waals surface area contributed by atoms with Crippen LogP contribution in [0.3, 0.4) is 0 Å². The number of hydrogen-bond acceptors (Lipinski definition) is 4. The summed E-state index contributed by atoms with van der Waals surface area (Å²) < 4.78 is 52.0. The molecule has 2 rings (SSSR count). The van der Waals surface area contributed by atoms with Crippen molar-refractivity contribution in [2.45, 2.75) is 4.90 Å². The van der Waals surface area contributed by atoms with E-state index in [1.54, 1.807) is 0 Å². The lowest BCUT2D eigenvalue weighted by atomic mass is 10.3. The molecule has 5 nitrogen and oxygen atoms in total. The number of nitrogen functional groups attached to an aromatic ring is 1.